The van der Waals surface area contributed by atoms with Crippen molar-refractivity contribution in [2.75, 3.05) is 22.9 Å². The second kappa shape index (κ2) is 7.50. The van der Waals surface area contributed by atoms with E-state index in [0.29, 0.717) is 23.8 Å². The summed E-state index contributed by atoms with van der Waals surface area (Å²) in [5.74, 6) is -0.0874. The maximum Gasteiger partial charge on any atom is 0.228 e. The first-order valence-electron chi connectivity index (χ1n) is 8.81. The zero-order chi connectivity index (χ0) is 18.8. The van der Waals surface area contributed by atoms with Crippen LogP contribution >= 0.6 is 11.6 Å². The quantitative estimate of drug-likeness (QED) is 0.805. The summed E-state index contributed by atoms with van der Waals surface area (Å²) >= 11 is 6.39. The van der Waals surface area contributed by atoms with Crippen LogP contribution in [0.4, 0.5) is 11.4 Å². The fraction of sp³-hybridized carbons (Fsp3) is 0.333. The first-order chi connectivity index (χ1) is 12.4. The molecule has 2 aromatic rings. The van der Waals surface area contributed by atoms with Crippen molar-refractivity contribution < 1.29 is 9.59 Å². The highest BCUT2D eigenvalue weighted by Crippen LogP contribution is 2.32. The lowest BCUT2D eigenvalue weighted by Gasteiger charge is -2.26. The zero-order valence-electron chi connectivity index (χ0n) is 15.4. The molecule has 0 unspecified atom stereocenters. The lowest BCUT2D eigenvalue weighted by atomic mass is 10.1. The highest BCUT2D eigenvalue weighted by atomic mass is 35.5. The number of carbonyl (C=O) groups excluding carboxylic acids is 2. The average Bonchev–Trinajstić information content (AvgIpc) is 3.00. The summed E-state index contributed by atoms with van der Waals surface area (Å²) in [7, 11) is 0. The Balaban J connectivity index is 1.77. The molecule has 2 amide bonds. The summed E-state index contributed by atoms with van der Waals surface area (Å²) < 4.78 is 0. The number of anilines is 2. The Labute approximate surface area is 159 Å². The van der Waals surface area contributed by atoms with Crippen LogP contribution in [-0.4, -0.2) is 24.9 Å². The van der Waals surface area contributed by atoms with E-state index in [9.17, 15) is 9.59 Å². The fourth-order valence-electron chi connectivity index (χ4n) is 3.62. The molecule has 3 rings (SSSR count). The number of hydrogen-bond acceptors (Lipinski definition) is 2. The Morgan fingerprint density at radius 1 is 1.19 bits per heavy atom. The number of hydrogen-bond donors (Lipinski definition) is 0. The number of nitrogens with zero attached hydrogens (tertiary/aromatic N) is 2. The molecule has 2 aromatic carbocycles. The number of rotatable bonds is 4. The minimum absolute atomic E-state index is 0.0297. The van der Waals surface area contributed by atoms with E-state index in [1.165, 1.54) is 12.5 Å². The van der Waals surface area contributed by atoms with Crippen molar-refractivity contribution in [2.24, 2.45) is 0 Å². The highest BCUT2D eigenvalue weighted by Gasteiger charge is 2.25. The normalized spacial score (nSPS) is 12.8. The summed E-state index contributed by atoms with van der Waals surface area (Å²) in [5, 5.41) is 0.539. The van der Waals surface area contributed by atoms with Crippen LogP contribution in [0.25, 0.3) is 0 Å². The van der Waals surface area contributed by atoms with E-state index in [1.807, 2.05) is 49.1 Å². The van der Waals surface area contributed by atoms with Gasteiger partial charge in [0.15, 0.2) is 0 Å². The predicted molar refractivity (Wildman–Crippen MR) is 106 cm³/mol. The molecule has 26 heavy (non-hydrogen) atoms. The van der Waals surface area contributed by atoms with Crippen LogP contribution in [0, 0.1) is 13.8 Å². The zero-order valence-corrected chi connectivity index (χ0v) is 16.1. The van der Waals surface area contributed by atoms with Gasteiger partial charge in [-0.1, -0.05) is 35.9 Å². The summed E-state index contributed by atoms with van der Waals surface area (Å²) in [6.07, 6.45) is 1.14. The van der Waals surface area contributed by atoms with Gasteiger partial charge in [0.1, 0.15) is 0 Å². The molecule has 5 heteroatoms. The summed E-state index contributed by atoms with van der Waals surface area (Å²) in [5.41, 5.74) is 4.85. The Morgan fingerprint density at radius 2 is 1.92 bits per heavy atom. The summed E-state index contributed by atoms with van der Waals surface area (Å²) in [6, 6.07) is 11.8. The van der Waals surface area contributed by atoms with Crippen LogP contribution in [-0.2, 0) is 16.0 Å². The average molecular weight is 371 g/mol. The van der Waals surface area contributed by atoms with Crippen molar-refractivity contribution in [2.45, 2.75) is 33.6 Å². The second-order valence-electron chi connectivity index (χ2n) is 6.76. The third kappa shape index (κ3) is 3.61. The molecule has 4 nitrogen and oxygen atoms in total. The van der Waals surface area contributed by atoms with E-state index in [-0.39, 0.29) is 18.2 Å². The van der Waals surface area contributed by atoms with E-state index in [0.717, 1.165) is 23.2 Å². The highest BCUT2D eigenvalue weighted by molar-refractivity contribution is 6.34. The van der Waals surface area contributed by atoms with Crippen molar-refractivity contribution in [3.8, 4) is 0 Å². The number of para-hydroxylation sites is 1. The molecular formula is C21H23ClN2O2. The predicted octanol–water partition coefficient (Wildman–Crippen LogP) is 4.29. The summed E-state index contributed by atoms with van der Waals surface area (Å²) in [6.45, 7) is 6.42. The minimum Gasteiger partial charge on any atom is -0.312 e. The standard InChI is InChI=1S/C21H23ClN2O2/c1-14-12-15(2)21(18(22)13-14)23(16(3)25)11-9-20(26)24-10-8-17-6-4-5-7-19(17)24/h4-7,12-13H,8-11H2,1-3H3. The Hall–Kier alpha value is -2.33. The smallest absolute Gasteiger partial charge is 0.228 e. The monoisotopic (exact) mass is 370 g/mol. The molecule has 0 atom stereocenters. The molecule has 0 aliphatic carbocycles. The summed E-state index contributed by atoms with van der Waals surface area (Å²) in [4.78, 5) is 28.4. The molecule has 0 saturated heterocycles. The van der Waals surface area contributed by atoms with Crippen LogP contribution in [0.1, 0.15) is 30.0 Å². The fourth-order valence-corrected chi connectivity index (χ4v) is 4.04. The molecule has 0 N–H and O–H groups in total. The van der Waals surface area contributed by atoms with Gasteiger partial charge in [0.25, 0.3) is 0 Å². The first-order valence-corrected chi connectivity index (χ1v) is 9.19. The van der Waals surface area contributed by atoms with Crippen LogP contribution in [0.2, 0.25) is 5.02 Å². The Kier molecular flexibility index (Phi) is 5.33. The molecule has 0 radical (unpaired) electrons. The van der Waals surface area contributed by atoms with E-state index < -0.39 is 0 Å². The maximum atomic E-state index is 12.7. The Bertz CT molecular complexity index is 840. The van der Waals surface area contributed by atoms with Gasteiger partial charge < -0.3 is 9.80 Å². The molecule has 1 aliphatic rings. The number of fused-ring (bicyclic) bond motifs is 1. The minimum atomic E-state index is -0.117. The lowest BCUT2D eigenvalue weighted by Crippen LogP contribution is -2.36. The van der Waals surface area contributed by atoms with Gasteiger partial charge in [0.05, 0.1) is 10.7 Å². The van der Waals surface area contributed by atoms with Crippen molar-refractivity contribution in [3.05, 3.63) is 58.1 Å². The molecular weight excluding hydrogens is 348 g/mol. The lowest BCUT2D eigenvalue weighted by molar-refractivity contribution is -0.118. The molecule has 1 aliphatic heterocycles. The first kappa shape index (κ1) is 18.5. The van der Waals surface area contributed by atoms with Crippen molar-refractivity contribution in [3.63, 3.8) is 0 Å². The van der Waals surface area contributed by atoms with Crippen molar-refractivity contribution in [1.82, 2.24) is 0 Å². The molecule has 0 bridgehead atoms. The van der Waals surface area contributed by atoms with Crippen LogP contribution in [0.5, 0.6) is 0 Å². The van der Waals surface area contributed by atoms with Gasteiger partial charge in [0, 0.05) is 32.1 Å². The van der Waals surface area contributed by atoms with E-state index >= 15 is 0 Å². The molecule has 0 saturated carbocycles. The maximum absolute atomic E-state index is 12.7. The largest absolute Gasteiger partial charge is 0.312 e. The number of halogens is 1. The molecule has 0 spiro atoms. The van der Waals surface area contributed by atoms with Crippen molar-refractivity contribution >= 4 is 34.8 Å². The van der Waals surface area contributed by atoms with Crippen LogP contribution in [0.3, 0.4) is 0 Å². The van der Waals surface area contributed by atoms with Gasteiger partial charge in [-0.2, -0.15) is 0 Å². The van der Waals surface area contributed by atoms with Gasteiger partial charge in [0.2, 0.25) is 11.8 Å². The third-order valence-electron chi connectivity index (χ3n) is 4.79. The SMILES string of the molecule is CC(=O)N(CCC(=O)N1CCc2ccccc21)c1c(C)cc(C)cc1Cl. The van der Waals surface area contributed by atoms with Gasteiger partial charge in [-0.15, -0.1) is 0 Å². The van der Waals surface area contributed by atoms with Gasteiger partial charge in [-0.05, 0) is 49.1 Å². The van der Waals surface area contributed by atoms with Gasteiger partial charge in [-0.25, -0.2) is 0 Å². The second-order valence-corrected chi connectivity index (χ2v) is 7.16. The van der Waals surface area contributed by atoms with Crippen LogP contribution < -0.4 is 9.80 Å². The molecule has 1 heterocycles. The number of carbonyl (C=O) groups is 2. The third-order valence-corrected chi connectivity index (χ3v) is 5.07. The molecule has 0 fully saturated rings. The number of aryl methyl sites for hydroxylation is 2. The van der Waals surface area contributed by atoms with Gasteiger partial charge >= 0.3 is 0 Å². The molecule has 0 aromatic heterocycles. The van der Waals surface area contributed by atoms with Gasteiger partial charge in [-0.3, -0.25) is 9.59 Å². The van der Waals surface area contributed by atoms with E-state index in [2.05, 4.69) is 6.07 Å². The van der Waals surface area contributed by atoms with E-state index in [4.69, 9.17) is 11.6 Å². The van der Waals surface area contributed by atoms with E-state index in [1.54, 1.807) is 4.90 Å². The van der Waals surface area contributed by atoms with Crippen molar-refractivity contribution in [1.29, 1.82) is 0 Å². The Morgan fingerprint density at radius 3 is 2.62 bits per heavy atom. The topological polar surface area (TPSA) is 40.6 Å². The number of amides is 2. The molecule has 136 valence electrons. The van der Waals surface area contributed by atoms with Crippen LogP contribution in [0.15, 0.2) is 36.4 Å². The number of benzene rings is 2.